The van der Waals surface area contributed by atoms with Crippen LogP contribution in [0.1, 0.15) is 31.8 Å². The van der Waals surface area contributed by atoms with E-state index >= 15 is 0 Å². The average Bonchev–Trinajstić information content (AvgIpc) is 3.22. The van der Waals surface area contributed by atoms with E-state index in [0.717, 1.165) is 5.56 Å². The summed E-state index contributed by atoms with van der Waals surface area (Å²) in [5.41, 5.74) is 1.83. The highest BCUT2D eigenvalue weighted by molar-refractivity contribution is 6.35. The minimum Gasteiger partial charge on any atom is -0.305 e. The van der Waals surface area contributed by atoms with Crippen LogP contribution in [0.15, 0.2) is 79.0 Å². The molecule has 0 fully saturated rings. The van der Waals surface area contributed by atoms with Crippen LogP contribution in [0.5, 0.6) is 0 Å². The van der Waals surface area contributed by atoms with Gasteiger partial charge in [0.2, 0.25) is 0 Å². The first-order valence-electron chi connectivity index (χ1n) is 9.59. The van der Waals surface area contributed by atoms with Crippen molar-refractivity contribution in [2.45, 2.75) is 6.54 Å². The molecular formula is C24H16Cl3N3O2. The molecule has 32 heavy (non-hydrogen) atoms. The number of nitrogens with zero attached hydrogens (tertiary/aromatic N) is 2. The Labute approximate surface area is 199 Å². The first-order valence-corrected chi connectivity index (χ1v) is 10.7. The first-order chi connectivity index (χ1) is 15.4. The minimum absolute atomic E-state index is 0.253. The Kier molecular flexibility index (Phi) is 6.61. The maximum absolute atomic E-state index is 12.9. The number of carbonyl (C=O) groups excluding carboxylic acids is 2. The van der Waals surface area contributed by atoms with Gasteiger partial charge in [-0.15, -0.1) is 0 Å². The Bertz CT molecular complexity index is 1300. The van der Waals surface area contributed by atoms with E-state index in [4.69, 9.17) is 34.8 Å². The molecule has 3 aromatic carbocycles. The number of rotatable bonds is 6. The predicted molar refractivity (Wildman–Crippen MR) is 127 cm³/mol. The highest BCUT2D eigenvalue weighted by Crippen LogP contribution is 2.22. The standard InChI is InChI=1S/C24H16Cl3N3O2/c25-17-8-5-15(6-9-17)23(31)19-3-1-2-4-20(19)24(32)28-22-11-12-30(29-22)14-16-7-10-18(26)13-21(16)27/h1-13H,14H2,(H,28,29,32). The van der Waals surface area contributed by atoms with Crippen molar-refractivity contribution in [1.82, 2.24) is 9.78 Å². The Morgan fingerprint density at radius 1 is 0.844 bits per heavy atom. The molecule has 1 N–H and O–H groups in total. The maximum Gasteiger partial charge on any atom is 0.257 e. The fraction of sp³-hybridized carbons (Fsp3) is 0.0417. The van der Waals surface area contributed by atoms with Crippen LogP contribution in [-0.4, -0.2) is 21.5 Å². The van der Waals surface area contributed by atoms with Crippen molar-refractivity contribution in [2.24, 2.45) is 0 Å². The number of anilines is 1. The number of ketones is 1. The molecular weight excluding hydrogens is 469 g/mol. The molecule has 4 aromatic rings. The van der Waals surface area contributed by atoms with Gasteiger partial charge in [0, 0.05) is 38.5 Å². The summed E-state index contributed by atoms with van der Waals surface area (Å²) < 4.78 is 1.65. The molecule has 5 nitrogen and oxygen atoms in total. The molecule has 8 heteroatoms. The van der Waals surface area contributed by atoms with E-state index in [2.05, 4.69) is 10.4 Å². The Balaban J connectivity index is 1.51. The highest BCUT2D eigenvalue weighted by Gasteiger charge is 2.19. The Morgan fingerprint density at radius 2 is 1.53 bits per heavy atom. The van der Waals surface area contributed by atoms with Crippen LogP contribution in [0.4, 0.5) is 5.82 Å². The van der Waals surface area contributed by atoms with E-state index in [1.165, 1.54) is 0 Å². The van der Waals surface area contributed by atoms with Crippen LogP contribution in [0.25, 0.3) is 0 Å². The van der Waals surface area contributed by atoms with Gasteiger partial charge < -0.3 is 5.32 Å². The number of benzene rings is 3. The highest BCUT2D eigenvalue weighted by atomic mass is 35.5. The van der Waals surface area contributed by atoms with Gasteiger partial charge in [0.05, 0.1) is 12.1 Å². The van der Waals surface area contributed by atoms with Crippen molar-refractivity contribution in [1.29, 1.82) is 0 Å². The SMILES string of the molecule is O=C(Nc1ccn(Cc2ccc(Cl)cc2Cl)n1)c1ccccc1C(=O)c1ccc(Cl)cc1. The van der Waals surface area contributed by atoms with Crippen molar-refractivity contribution >= 4 is 52.3 Å². The van der Waals surface area contributed by atoms with Gasteiger partial charge in [0.1, 0.15) is 0 Å². The lowest BCUT2D eigenvalue weighted by Gasteiger charge is -2.09. The fourth-order valence-electron chi connectivity index (χ4n) is 3.16. The second-order valence-corrected chi connectivity index (χ2v) is 8.25. The van der Waals surface area contributed by atoms with Crippen molar-refractivity contribution in [2.75, 3.05) is 5.32 Å². The van der Waals surface area contributed by atoms with E-state index in [9.17, 15) is 9.59 Å². The molecule has 160 valence electrons. The molecule has 0 aliphatic heterocycles. The summed E-state index contributed by atoms with van der Waals surface area (Å²) in [4.78, 5) is 25.8. The second kappa shape index (κ2) is 9.57. The van der Waals surface area contributed by atoms with Gasteiger partial charge in [-0.1, -0.05) is 59.1 Å². The van der Waals surface area contributed by atoms with Crippen molar-refractivity contribution in [3.8, 4) is 0 Å². The summed E-state index contributed by atoms with van der Waals surface area (Å²) in [6.45, 7) is 0.414. The van der Waals surface area contributed by atoms with Crippen molar-refractivity contribution in [3.63, 3.8) is 0 Å². The largest absolute Gasteiger partial charge is 0.305 e. The molecule has 0 radical (unpaired) electrons. The number of amides is 1. The number of carbonyl (C=O) groups is 2. The third kappa shape index (κ3) is 5.02. The maximum atomic E-state index is 12.9. The van der Waals surface area contributed by atoms with Crippen LogP contribution in [0.2, 0.25) is 15.1 Å². The van der Waals surface area contributed by atoms with E-state index in [-0.39, 0.29) is 11.3 Å². The second-order valence-electron chi connectivity index (χ2n) is 6.97. The molecule has 0 bridgehead atoms. The van der Waals surface area contributed by atoms with Crippen LogP contribution in [0.3, 0.4) is 0 Å². The molecule has 0 spiro atoms. The van der Waals surface area contributed by atoms with Gasteiger partial charge in [-0.3, -0.25) is 14.3 Å². The molecule has 0 saturated carbocycles. The molecule has 0 aliphatic carbocycles. The summed E-state index contributed by atoms with van der Waals surface area (Å²) in [5, 5.41) is 8.74. The lowest BCUT2D eigenvalue weighted by Crippen LogP contribution is -2.17. The Hall–Kier alpha value is -3.12. The van der Waals surface area contributed by atoms with Gasteiger partial charge in [-0.2, -0.15) is 5.10 Å². The topological polar surface area (TPSA) is 64.0 Å². The van der Waals surface area contributed by atoms with Gasteiger partial charge in [-0.25, -0.2) is 0 Å². The monoisotopic (exact) mass is 483 g/mol. The molecule has 0 saturated heterocycles. The first kappa shape index (κ1) is 22.1. The number of hydrogen-bond donors (Lipinski definition) is 1. The lowest BCUT2D eigenvalue weighted by molar-refractivity contribution is 0.0996. The van der Waals surface area contributed by atoms with E-state index in [1.807, 2.05) is 6.07 Å². The zero-order chi connectivity index (χ0) is 22.7. The molecule has 1 heterocycles. The van der Waals surface area contributed by atoms with Crippen LogP contribution in [-0.2, 0) is 6.54 Å². The lowest BCUT2D eigenvalue weighted by atomic mass is 9.98. The predicted octanol–water partition coefficient (Wildman–Crippen LogP) is 6.37. The molecule has 0 atom stereocenters. The summed E-state index contributed by atoms with van der Waals surface area (Å²) >= 11 is 18.1. The van der Waals surface area contributed by atoms with Crippen LogP contribution < -0.4 is 5.32 Å². The van der Waals surface area contributed by atoms with E-state index in [1.54, 1.807) is 77.6 Å². The minimum atomic E-state index is -0.433. The van der Waals surface area contributed by atoms with Gasteiger partial charge in [0.15, 0.2) is 11.6 Å². The third-order valence-corrected chi connectivity index (χ3v) is 5.59. The van der Waals surface area contributed by atoms with E-state index in [0.29, 0.717) is 38.6 Å². The fourth-order valence-corrected chi connectivity index (χ4v) is 3.75. The molecule has 1 amide bonds. The average molecular weight is 485 g/mol. The third-order valence-electron chi connectivity index (χ3n) is 4.75. The molecule has 0 unspecified atom stereocenters. The summed E-state index contributed by atoms with van der Waals surface area (Å²) in [6, 6.07) is 20.1. The number of nitrogens with one attached hydrogen (secondary N) is 1. The summed E-state index contributed by atoms with van der Waals surface area (Å²) in [7, 11) is 0. The number of halogens is 3. The van der Waals surface area contributed by atoms with Crippen LogP contribution in [0, 0.1) is 0 Å². The zero-order valence-corrected chi connectivity index (χ0v) is 18.8. The van der Waals surface area contributed by atoms with Crippen molar-refractivity contribution in [3.05, 3.63) is 116 Å². The van der Waals surface area contributed by atoms with Crippen molar-refractivity contribution < 1.29 is 9.59 Å². The molecule has 0 aliphatic rings. The summed E-state index contributed by atoms with van der Waals surface area (Å²) in [6.07, 6.45) is 1.73. The van der Waals surface area contributed by atoms with Gasteiger partial charge in [0.25, 0.3) is 5.91 Å². The Morgan fingerprint density at radius 3 is 2.25 bits per heavy atom. The smallest absolute Gasteiger partial charge is 0.257 e. The molecule has 1 aromatic heterocycles. The zero-order valence-electron chi connectivity index (χ0n) is 16.6. The number of hydrogen-bond acceptors (Lipinski definition) is 3. The normalized spacial score (nSPS) is 10.7. The summed E-state index contributed by atoms with van der Waals surface area (Å²) in [5.74, 6) is -0.346. The van der Waals surface area contributed by atoms with Crippen LogP contribution >= 0.6 is 34.8 Å². The van der Waals surface area contributed by atoms with E-state index < -0.39 is 5.91 Å². The van der Waals surface area contributed by atoms with Gasteiger partial charge >= 0.3 is 0 Å². The van der Waals surface area contributed by atoms with Gasteiger partial charge in [-0.05, 0) is 48.0 Å². The quantitative estimate of drug-likeness (QED) is 0.323. The number of aromatic nitrogens is 2. The molecule has 4 rings (SSSR count).